The Morgan fingerprint density at radius 2 is 1.83 bits per heavy atom. The highest BCUT2D eigenvalue weighted by Gasteiger charge is 2.25. The van der Waals surface area contributed by atoms with Crippen LogP contribution in [-0.4, -0.2) is 68.1 Å². The Morgan fingerprint density at radius 1 is 1.17 bits per heavy atom. The summed E-state index contributed by atoms with van der Waals surface area (Å²) in [6.45, 7) is 16.4. The summed E-state index contributed by atoms with van der Waals surface area (Å²) in [5, 5.41) is 6.76. The van der Waals surface area contributed by atoms with Crippen molar-refractivity contribution >= 4 is 29.9 Å². The molecule has 0 aliphatic carbocycles. The van der Waals surface area contributed by atoms with Crippen molar-refractivity contribution in [1.82, 2.24) is 20.4 Å². The highest BCUT2D eigenvalue weighted by atomic mass is 127. The third-order valence-corrected chi connectivity index (χ3v) is 5.61. The molecule has 5 nitrogen and oxygen atoms in total. The summed E-state index contributed by atoms with van der Waals surface area (Å²) in [5.41, 5.74) is 1.59. The van der Waals surface area contributed by atoms with Crippen molar-refractivity contribution in [3.05, 3.63) is 35.1 Å². The van der Waals surface area contributed by atoms with Crippen LogP contribution >= 0.6 is 24.0 Å². The topological polar surface area (TPSA) is 42.9 Å². The predicted molar refractivity (Wildman–Crippen MR) is 132 cm³/mol. The zero-order chi connectivity index (χ0) is 20.7. The fourth-order valence-electron chi connectivity index (χ4n) is 3.57. The van der Waals surface area contributed by atoms with Crippen LogP contribution in [0.5, 0.6) is 0 Å². The molecule has 1 aromatic rings. The van der Waals surface area contributed by atoms with Gasteiger partial charge in [-0.3, -0.25) is 9.89 Å². The number of rotatable bonds is 7. The first-order chi connectivity index (χ1) is 13.3. The minimum absolute atomic E-state index is 0. The fraction of sp³-hybridized carbons (Fsp3) is 0.682. The second-order valence-corrected chi connectivity index (χ2v) is 8.24. The van der Waals surface area contributed by atoms with Crippen LogP contribution in [0.2, 0.25) is 0 Å². The van der Waals surface area contributed by atoms with Crippen LogP contribution in [0.3, 0.4) is 0 Å². The van der Waals surface area contributed by atoms with Gasteiger partial charge >= 0.3 is 0 Å². The van der Waals surface area contributed by atoms with E-state index in [1.807, 2.05) is 19.1 Å². The monoisotopic (exact) mass is 519 g/mol. The minimum Gasteiger partial charge on any atom is -0.357 e. The highest BCUT2D eigenvalue weighted by molar-refractivity contribution is 14.0. The van der Waals surface area contributed by atoms with Crippen LogP contribution in [-0.2, 0) is 0 Å². The van der Waals surface area contributed by atoms with Gasteiger partial charge in [-0.2, -0.15) is 0 Å². The minimum atomic E-state index is -0.164. The molecule has 7 heteroatoms. The van der Waals surface area contributed by atoms with E-state index in [2.05, 4.69) is 48.3 Å². The number of benzene rings is 1. The molecule has 0 radical (unpaired) electrons. The molecule has 0 spiro atoms. The molecule has 1 aromatic carbocycles. The van der Waals surface area contributed by atoms with Gasteiger partial charge in [-0.25, -0.2) is 4.39 Å². The summed E-state index contributed by atoms with van der Waals surface area (Å²) in [6.07, 6.45) is 0. The summed E-state index contributed by atoms with van der Waals surface area (Å²) in [4.78, 5) is 9.83. The number of halogens is 2. The largest absolute Gasteiger partial charge is 0.357 e. The Morgan fingerprint density at radius 3 is 2.38 bits per heavy atom. The van der Waals surface area contributed by atoms with E-state index in [0.29, 0.717) is 17.5 Å². The molecule has 0 saturated carbocycles. The molecule has 1 aliphatic rings. The first-order valence-electron chi connectivity index (χ1n) is 10.5. The first-order valence-corrected chi connectivity index (χ1v) is 10.5. The highest BCUT2D eigenvalue weighted by Crippen LogP contribution is 2.17. The van der Waals surface area contributed by atoms with Gasteiger partial charge in [0.15, 0.2) is 5.96 Å². The van der Waals surface area contributed by atoms with Crippen molar-refractivity contribution < 1.29 is 4.39 Å². The van der Waals surface area contributed by atoms with Gasteiger partial charge in [0.25, 0.3) is 0 Å². The summed E-state index contributed by atoms with van der Waals surface area (Å²) in [7, 11) is 2.18. The van der Waals surface area contributed by atoms with Crippen molar-refractivity contribution in [3.63, 3.8) is 0 Å². The normalized spacial score (nSPS) is 18.3. The average Bonchev–Trinajstić information content (AvgIpc) is 2.65. The molecule has 1 aliphatic heterocycles. The van der Waals surface area contributed by atoms with E-state index in [-0.39, 0.29) is 35.8 Å². The molecule has 1 heterocycles. The van der Waals surface area contributed by atoms with Crippen LogP contribution in [0, 0.1) is 18.7 Å². The van der Waals surface area contributed by atoms with Crippen LogP contribution in [0.1, 0.15) is 44.9 Å². The third-order valence-electron chi connectivity index (χ3n) is 5.61. The smallest absolute Gasteiger partial charge is 0.191 e. The van der Waals surface area contributed by atoms with Gasteiger partial charge in [0, 0.05) is 38.8 Å². The number of nitrogens with zero attached hydrogens (tertiary/aromatic N) is 3. The Kier molecular flexibility index (Phi) is 11.4. The van der Waals surface area contributed by atoms with Crippen molar-refractivity contribution in [3.8, 4) is 0 Å². The van der Waals surface area contributed by atoms with E-state index in [9.17, 15) is 4.39 Å². The summed E-state index contributed by atoms with van der Waals surface area (Å²) in [6, 6.07) is 5.82. The average molecular weight is 519 g/mol. The lowest BCUT2D eigenvalue weighted by Gasteiger charge is -2.39. The number of hydrogen-bond donors (Lipinski definition) is 2. The predicted octanol–water partition coefficient (Wildman–Crippen LogP) is 3.64. The van der Waals surface area contributed by atoms with Gasteiger partial charge in [-0.15, -0.1) is 24.0 Å². The maximum Gasteiger partial charge on any atom is 0.191 e. The molecule has 2 rings (SSSR count). The summed E-state index contributed by atoms with van der Waals surface area (Å²) in [5.74, 6) is 1.16. The fourth-order valence-corrected chi connectivity index (χ4v) is 3.57. The number of aryl methyl sites for hydroxylation is 1. The quantitative estimate of drug-likeness (QED) is 0.328. The van der Waals surface area contributed by atoms with E-state index in [1.165, 1.54) is 0 Å². The van der Waals surface area contributed by atoms with Crippen molar-refractivity contribution in [2.45, 2.75) is 46.7 Å². The number of guanidine groups is 1. The molecule has 0 amide bonds. The molecular formula is C22H39FIN5. The Hall–Kier alpha value is -0.930. The Bertz CT molecular complexity index is 644. The van der Waals surface area contributed by atoms with Crippen LogP contribution in [0.25, 0.3) is 0 Å². The van der Waals surface area contributed by atoms with E-state index in [0.717, 1.165) is 50.8 Å². The number of likely N-dealkylation sites (N-methyl/N-ethyl adjacent to an activating group) is 1. The van der Waals surface area contributed by atoms with Crippen LogP contribution in [0.4, 0.5) is 4.39 Å². The number of nitrogens with one attached hydrogen (secondary N) is 2. The lowest BCUT2D eigenvalue weighted by Crippen LogP contribution is -2.52. The molecule has 0 bridgehead atoms. The van der Waals surface area contributed by atoms with Gasteiger partial charge < -0.3 is 15.5 Å². The Labute approximate surface area is 193 Å². The lowest BCUT2D eigenvalue weighted by molar-refractivity contribution is 0.0925. The first kappa shape index (κ1) is 26.1. The lowest BCUT2D eigenvalue weighted by atomic mass is 10.0. The third kappa shape index (κ3) is 8.02. The maximum atomic E-state index is 13.9. The van der Waals surface area contributed by atoms with E-state index in [1.54, 1.807) is 13.0 Å². The standard InChI is InChI=1S/C22H38FN5.HI/c1-7-24-22(26-18(5)19-9-8-17(4)20(23)14-19)25-15-21(16(2)3)28-12-10-27(6)11-13-28;/h8-9,14,16,18,21H,7,10-13,15H2,1-6H3,(H2,24,25,26);1H. The number of hydrogen-bond acceptors (Lipinski definition) is 3. The number of aliphatic imine (C=N–C) groups is 1. The molecule has 2 unspecified atom stereocenters. The van der Waals surface area contributed by atoms with Gasteiger partial charge in [-0.05, 0) is 50.9 Å². The number of piperazine rings is 1. The Balaban J connectivity index is 0.00000420. The molecule has 1 fully saturated rings. The summed E-state index contributed by atoms with van der Waals surface area (Å²) >= 11 is 0. The van der Waals surface area contributed by atoms with Crippen molar-refractivity contribution in [1.29, 1.82) is 0 Å². The molecule has 1 saturated heterocycles. The zero-order valence-electron chi connectivity index (χ0n) is 18.8. The van der Waals surface area contributed by atoms with Gasteiger partial charge in [0.05, 0.1) is 12.6 Å². The van der Waals surface area contributed by atoms with E-state index in [4.69, 9.17) is 4.99 Å². The van der Waals surface area contributed by atoms with E-state index < -0.39 is 0 Å². The zero-order valence-corrected chi connectivity index (χ0v) is 21.2. The second-order valence-electron chi connectivity index (χ2n) is 8.24. The molecular weight excluding hydrogens is 480 g/mol. The molecule has 166 valence electrons. The van der Waals surface area contributed by atoms with Gasteiger partial charge in [-0.1, -0.05) is 26.0 Å². The van der Waals surface area contributed by atoms with Gasteiger partial charge in [0.2, 0.25) is 0 Å². The van der Waals surface area contributed by atoms with Crippen LogP contribution < -0.4 is 10.6 Å². The molecule has 2 atom stereocenters. The van der Waals surface area contributed by atoms with Crippen LogP contribution in [0.15, 0.2) is 23.2 Å². The molecule has 2 N–H and O–H groups in total. The molecule has 29 heavy (non-hydrogen) atoms. The summed E-state index contributed by atoms with van der Waals surface area (Å²) < 4.78 is 13.9. The SMILES string of the molecule is CCNC(=NCC(C(C)C)N1CCN(C)CC1)NC(C)c1ccc(C)c(F)c1.I. The molecule has 0 aromatic heterocycles. The van der Waals surface area contributed by atoms with Crippen molar-refractivity contribution in [2.24, 2.45) is 10.9 Å². The van der Waals surface area contributed by atoms with Gasteiger partial charge in [0.1, 0.15) is 5.82 Å². The second kappa shape index (κ2) is 12.7. The maximum absolute atomic E-state index is 13.9. The van der Waals surface area contributed by atoms with E-state index >= 15 is 0 Å². The van der Waals surface area contributed by atoms with Crippen molar-refractivity contribution in [2.75, 3.05) is 46.3 Å².